The number of carbonyl (C=O) groups excluding carboxylic acids is 2. The zero-order chi connectivity index (χ0) is 12.3. The van der Waals surface area contributed by atoms with E-state index >= 15 is 0 Å². The van der Waals surface area contributed by atoms with Crippen LogP contribution in [0.4, 0.5) is 0 Å². The summed E-state index contributed by atoms with van der Waals surface area (Å²) in [5.74, 6) is 0.0118. The summed E-state index contributed by atoms with van der Waals surface area (Å²) in [6.45, 7) is 1.30. The van der Waals surface area contributed by atoms with Gasteiger partial charge in [0.05, 0.1) is 0 Å². The van der Waals surface area contributed by atoms with E-state index in [1.807, 2.05) is 18.2 Å². The van der Waals surface area contributed by atoms with E-state index in [1.54, 1.807) is 11.0 Å². The minimum atomic E-state index is -0.000136. The first-order valence-corrected chi connectivity index (χ1v) is 6.50. The summed E-state index contributed by atoms with van der Waals surface area (Å²) in [5.41, 5.74) is 0.672. The van der Waals surface area contributed by atoms with Gasteiger partial charge in [-0.2, -0.15) is 0 Å². The largest absolute Gasteiger partial charge is 0.338 e. The fraction of sp³-hybridized carbons (Fsp3) is 0.385. The molecular formula is C13H14BrNO2. The molecule has 90 valence electrons. The van der Waals surface area contributed by atoms with Crippen molar-refractivity contribution in [1.29, 1.82) is 0 Å². The fourth-order valence-electron chi connectivity index (χ4n) is 2.11. The Balaban J connectivity index is 2.11. The molecule has 0 aromatic heterocycles. The highest BCUT2D eigenvalue weighted by molar-refractivity contribution is 9.10. The average Bonchev–Trinajstić information content (AvgIpc) is 2.38. The maximum Gasteiger partial charge on any atom is 0.253 e. The molecule has 17 heavy (non-hydrogen) atoms. The molecule has 0 radical (unpaired) electrons. The molecule has 0 aliphatic carbocycles. The molecule has 3 nitrogen and oxygen atoms in total. The van der Waals surface area contributed by atoms with Crippen molar-refractivity contribution in [2.45, 2.75) is 12.8 Å². The number of benzene rings is 1. The molecule has 1 aromatic rings. The van der Waals surface area contributed by atoms with Crippen LogP contribution in [0.2, 0.25) is 0 Å². The van der Waals surface area contributed by atoms with Gasteiger partial charge < -0.3 is 9.69 Å². The first-order valence-electron chi connectivity index (χ1n) is 5.71. The first-order chi connectivity index (χ1) is 8.20. The van der Waals surface area contributed by atoms with Gasteiger partial charge in [0.2, 0.25) is 0 Å². The number of carbonyl (C=O) groups is 2. The summed E-state index contributed by atoms with van der Waals surface area (Å²) in [6, 6.07) is 7.35. The quantitative estimate of drug-likeness (QED) is 0.786. The van der Waals surface area contributed by atoms with Crippen molar-refractivity contribution in [3.8, 4) is 0 Å². The van der Waals surface area contributed by atoms with E-state index in [2.05, 4.69) is 15.9 Å². The lowest BCUT2D eigenvalue weighted by atomic mass is 9.99. The van der Waals surface area contributed by atoms with Crippen molar-refractivity contribution in [3.63, 3.8) is 0 Å². The van der Waals surface area contributed by atoms with Crippen LogP contribution in [-0.2, 0) is 4.79 Å². The number of rotatable bonds is 2. The molecule has 1 unspecified atom stereocenters. The molecule has 1 aliphatic rings. The second-order valence-corrected chi connectivity index (χ2v) is 5.22. The molecule has 1 amide bonds. The lowest BCUT2D eigenvalue weighted by Gasteiger charge is -2.30. The molecule has 0 N–H and O–H groups in total. The standard InChI is InChI=1S/C13H14BrNO2/c14-12-5-1-4-11(7-12)13(17)15-6-2-3-10(8-15)9-16/h1,4-5,7,9-10H,2-3,6,8H2. The van der Waals surface area contributed by atoms with E-state index in [4.69, 9.17) is 0 Å². The molecule has 0 spiro atoms. The molecule has 1 aromatic carbocycles. The molecule has 1 atom stereocenters. The highest BCUT2D eigenvalue weighted by atomic mass is 79.9. The Morgan fingerprint density at radius 2 is 2.29 bits per heavy atom. The van der Waals surface area contributed by atoms with Gasteiger partial charge in [0.25, 0.3) is 5.91 Å². The van der Waals surface area contributed by atoms with Crippen LogP contribution in [0.25, 0.3) is 0 Å². The number of nitrogens with zero attached hydrogens (tertiary/aromatic N) is 1. The van der Waals surface area contributed by atoms with Crippen LogP contribution in [-0.4, -0.2) is 30.2 Å². The molecule has 1 aliphatic heterocycles. The third-order valence-electron chi connectivity index (χ3n) is 3.01. The normalized spacial score (nSPS) is 20.1. The number of hydrogen-bond donors (Lipinski definition) is 0. The predicted molar refractivity (Wildman–Crippen MR) is 68.8 cm³/mol. The van der Waals surface area contributed by atoms with Crippen LogP contribution < -0.4 is 0 Å². The molecule has 1 saturated heterocycles. The second-order valence-electron chi connectivity index (χ2n) is 4.30. The molecule has 4 heteroatoms. The number of amides is 1. The van der Waals surface area contributed by atoms with Crippen LogP contribution in [0, 0.1) is 5.92 Å². The zero-order valence-electron chi connectivity index (χ0n) is 9.43. The third kappa shape index (κ3) is 2.94. The van der Waals surface area contributed by atoms with Gasteiger partial charge in [-0.3, -0.25) is 4.79 Å². The topological polar surface area (TPSA) is 37.4 Å². The van der Waals surface area contributed by atoms with Crippen molar-refractivity contribution in [3.05, 3.63) is 34.3 Å². The van der Waals surface area contributed by atoms with E-state index in [1.165, 1.54) is 0 Å². The van der Waals surface area contributed by atoms with Crippen molar-refractivity contribution >= 4 is 28.1 Å². The van der Waals surface area contributed by atoms with E-state index in [9.17, 15) is 9.59 Å². The van der Waals surface area contributed by atoms with Crippen LogP contribution in [0.5, 0.6) is 0 Å². The van der Waals surface area contributed by atoms with E-state index in [0.717, 1.165) is 30.1 Å². The van der Waals surface area contributed by atoms with Gasteiger partial charge in [-0.15, -0.1) is 0 Å². The minimum absolute atomic E-state index is 0.000136. The second kappa shape index (κ2) is 5.45. The maximum absolute atomic E-state index is 12.2. The Hall–Kier alpha value is -1.16. The Kier molecular flexibility index (Phi) is 3.94. The smallest absolute Gasteiger partial charge is 0.253 e. The Labute approximate surface area is 109 Å². The predicted octanol–water partition coefficient (Wildman–Crippen LogP) is 2.50. The van der Waals surface area contributed by atoms with Gasteiger partial charge in [0.15, 0.2) is 0 Å². The SMILES string of the molecule is O=CC1CCCN(C(=O)c2cccc(Br)c2)C1. The van der Waals surface area contributed by atoms with E-state index in [0.29, 0.717) is 12.1 Å². The summed E-state index contributed by atoms with van der Waals surface area (Å²) >= 11 is 3.35. The summed E-state index contributed by atoms with van der Waals surface area (Å²) in [6.07, 6.45) is 2.76. The van der Waals surface area contributed by atoms with Gasteiger partial charge >= 0.3 is 0 Å². The summed E-state index contributed by atoms with van der Waals surface area (Å²) in [4.78, 5) is 24.7. The summed E-state index contributed by atoms with van der Waals surface area (Å²) in [7, 11) is 0. The van der Waals surface area contributed by atoms with Gasteiger partial charge in [-0.25, -0.2) is 0 Å². The Bertz CT molecular complexity index is 433. The van der Waals surface area contributed by atoms with Crippen LogP contribution in [0.15, 0.2) is 28.7 Å². The van der Waals surface area contributed by atoms with Gasteiger partial charge in [-0.1, -0.05) is 22.0 Å². The molecule has 1 fully saturated rings. The fourth-order valence-corrected chi connectivity index (χ4v) is 2.51. The Morgan fingerprint density at radius 3 is 3.00 bits per heavy atom. The van der Waals surface area contributed by atoms with Crippen molar-refractivity contribution in [2.24, 2.45) is 5.92 Å². The molecule has 2 rings (SSSR count). The van der Waals surface area contributed by atoms with Crippen molar-refractivity contribution in [2.75, 3.05) is 13.1 Å². The third-order valence-corrected chi connectivity index (χ3v) is 3.50. The number of likely N-dealkylation sites (tertiary alicyclic amines) is 1. The highest BCUT2D eigenvalue weighted by Gasteiger charge is 2.23. The van der Waals surface area contributed by atoms with Gasteiger partial charge in [0, 0.05) is 29.0 Å². The first kappa shape index (κ1) is 12.3. The minimum Gasteiger partial charge on any atom is -0.338 e. The summed E-state index contributed by atoms with van der Waals surface area (Å²) < 4.78 is 0.896. The van der Waals surface area contributed by atoms with Crippen LogP contribution in [0.1, 0.15) is 23.2 Å². The molecule has 0 saturated carbocycles. The lowest BCUT2D eigenvalue weighted by Crippen LogP contribution is -2.40. The Morgan fingerprint density at radius 1 is 1.47 bits per heavy atom. The van der Waals surface area contributed by atoms with Gasteiger partial charge in [0.1, 0.15) is 6.29 Å². The number of aldehydes is 1. The number of halogens is 1. The summed E-state index contributed by atoms with van der Waals surface area (Å²) in [5, 5.41) is 0. The van der Waals surface area contributed by atoms with Crippen LogP contribution >= 0.6 is 15.9 Å². The van der Waals surface area contributed by atoms with E-state index < -0.39 is 0 Å². The van der Waals surface area contributed by atoms with Crippen LogP contribution in [0.3, 0.4) is 0 Å². The van der Waals surface area contributed by atoms with E-state index in [-0.39, 0.29) is 11.8 Å². The average molecular weight is 296 g/mol. The maximum atomic E-state index is 12.2. The zero-order valence-corrected chi connectivity index (χ0v) is 11.0. The monoisotopic (exact) mass is 295 g/mol. The van der Waals surface area contributed by atoms with Gasteiger partial charge in [-0.05, 0) is 31.0 Å². The molecule has 1 heterocycles. The molecular weight excluding hydrogens is 282 g/mol. The lowest BCUT2D eigenvalue weighted by molar-refractivity contribution is -0.112. The highest BCUT2D eigenvalue weighted by Crippen LogP contribution is 2.18. The van der Waals surface area contributed by atoms with Crippen molar-refractivity contribution in [1.82, 2.24) is 4.90 Å². The molecule has 0 bridgehead atoms. The van der Waals surface area contributed by atoms with Crippen molar-refractivity contribution < 1.29 is 9.59 Å². The number of piperidine rings is 1. The number of hydrogen-bond acceptors (Lipinski definition) is 2.